The van der Waals surface area contributed by atoms with Crippen LogP contribution in [0.25, 0.3) is 0 Å². The topological polar surface area (TPSA) is 80.6 Å². The summed E-state index contributed by atoms with van der Waals surface area (Å²) in [6, 6.07) is 4.45. The van der Waals surface area contributed by atoms with E-state index in [4.69, 9.17) is 15.8 Å². The van der Waals surface area contributed by atoms with E-state index in [1.165, 1.54) is 48.9 Å². The molecule has 0 radical (unpaired) electrons. The molecule has 0 rings (SSSR count). The second-order valence-electron chi connectivity index (χ2n) is 3.62. The van der Waals surface area contributed by atoms with Gasteiger partial charge in [-0.05, 0) is 27.7 Å². The van der Waals surface area contributed by atoms with Gasteiger partial charge in [0.15, 0.2) is 0 Å². The van der Waals surface area contributed by atoms with Gasteiger partial charge in [0.25, 0.3) is 5.60 Å². The molecular formula is C12H23BN4O. The first kappa shape index (κ1) is 18.8. The molecule has 0 saturated heterocycles. The minimum Gasteiger partial charge on any atom is -0.563 e. The molecular weight excluding hydrogens is 227 g/mol. The Balaban J connectivity index is 0. The summed E-state index contributed by atoms with van der Waals surface area (Å²) in [6.45, 7) is 14.2. The van der Waals surface area contributed by atoms with Gasteiger partial charge >= 0.3 is 0 Å². The number of quaternary nitrogens is 1. The third-order valence-corrected chi connectivity index (χ3v) is 3.16. The Kier molecular flexibility index (Phi) is 9.91. The van der Waals surface area contributed by atoms with E-state index in [1.54, 1.807) is 0 Å². The van der Waals surface area contributed by atoms with E-state index in [1.807, 2.05) is 0 Å². The zero-order valence-electron chi connectivity index (χ0n) is 11.0. The Morgan fingerprint density at radius 2 is 1.17 bits per heavy atom. The summed E-state index contributed by atoms with van der Waals surface area (Å²) >= 11 is 0. The number of hydrogen-bond donors (Lipinski definition) is 0. The summed E-state index contributed by atoms with van der Waals surface area (Å²) in [5, 5.41) is 24.6. The van der Waals surface area contributed by atoms with Crippen LogP contribution in [0.5, 0.6) is 0 Å². The molecule has 0 aliphatic rings. The summed E-state index contributed by atoms with van der Waals surface area (Å²) in [4.78, 5) is 0. The van der Waals surface area contributed by atoms with E-state index in [0.29, 0.717) is 0 Å². The lowest BCUT2D eigenvalue weighted by atomic mass is 10.1. The van der Waals surface area contributed by atoms with Crippen LogP contribution < -0.4 is 0 Å². The molecule has 0 fully saturated rings. The quantitative estimate of drug-likeness (QED) is 0.525. The van der Waals surface area contributed by atoms with Crippen LogP contribution in [0, 0.1) is 34.0 Å². The number of nitriles is 3. The second kappa shape index (κ2) is 9.48. The Morgan fingerprint density at radius 1 is 0.889 bits per heavy atom. The predicted molar refractivity (Wildman–Crippen MR) is 73.0 cm³/mol. The summed E-state index contributed by atoms with van der Waals surface area (Å²) in [5.41, 5.74) is -1.81. The van der Waals surface area contributed by atoms with Gasteiger partial charge in [0.1, 0.15) is 18.2 Å². The van der Waals surface area contributed by atoms with Crippen molar-refractivity contribution in [2.75, 3.05) is 26.2 Å². The van der Waals surface area contributed by atoms with Crippen molar-refractivity contribution in [1.29, 1.82) is 15.8 Å². The lowest BCUT2D eigenvalue weighted by Gasteiger charge is -2.34. The molecule has 0 aromatic rings. The molecule has 100 valence electrons. The van der Waals surface area contributed by atoms with Gasteiger partial charge in [0.05, 0.1) is 34.2 Å². The van der Waals surface area contributed by atoms with E-state index in [-0.39, 0.29) is 0 Å². The van der Waals surface area contributed by atoms with Gasteiger partial charge in [-0.25, -0.2) is 0 Å². The highest BCUT2D eigenvalue weighted by molar-refractivity contribution is 5.99. The van der Waals surface area contributed by atoms with Crippen LogP contribution >= 0.6 is 0 Å². The number of rotatable bonds is 5. The molecule has 0 saturated carbocycles. The second-order valence-corrected chi connectivity index (χ2v) is 3.62. The van der Waals surface area contributed by atoms with E-state index >= 15 is 0 Å². The summed E-state index contributed by atoms with van der Waals surface area (Å²) in [5.74, 6) is 0. The first-order chi connectivity index (χ1) is 8.49. The van der Waals surface area contributed by atoms with Crippen LogP contribution in [0.2, 0.25) is 0 Å². The number of hydrogen-bond acceptors (Lipinski definition) is 4. The van der Waals surface area contributed by atoms with Crippen molar-refractivity contribution >= 4 is 8.05 Å². The molecule has 0 N–H and O–H groups in total. The van der Waals surface area contributed by atoms with Gasteiger partial charge in [0.2, 0.25) is 0 Å². The zero-order valence-corrected chi connectivity index (χ0v) is 11.0. The highest BCUT2D eigenvalue weighted by Gasteiger charge is 2.24. The Morgan fingerprint density at radius 3 is 1.17 bits per heavy atom. The SMILES string of the molecule is CC[N+](CC)(CC)CC.[BH3-]OC(C#N)(C#N)C#N. The highest BCUT2D eigenvalue weighted by atomic mass is 16.4. The van der Waals surface area contributed by atoms with Crippen molar-refractivity contribution in [3.63, 3.8) is 0 Å². The highest BCUT2D eigenvalue weighted by Crippen LogP contribution is 2.03. The molecule has 6 heteroatoms. The minimum absolute atomic E-state index is 0.534. The Bertz CT molecular complexity index is 293. The van der Waals surface area contributed by atoms with Crippen molar-refractivity contribution in [3.05, 3.63) is 0 Å². The van der Waals surface area contributed by atoms with Gasteiger partial charge in [-0.2, -0.15) is 15.8 Å². The molecule has 5 nitrogen and oxygen atoms in total. The van der Waals surface area contributed by atoms with Crippen molar-refractivity contribution < 1.29 is 9.14 Å². The first-order valence-corrected chi connectivity index (χ1v) is 5.72. The molecule has 0 heterocycles. The normalized spacial score (nSPS) is 10.3. The van der Waals surface area contributed by atoms with Crippen LogP contribution in [-0.4, -0.2) is 44.3 Å². The fraction of sp³-hybridized carbons (Fsp3) is 0.750. The molecule has 0 aliphatic carbocycles. The Hall–Kier alpha value is -1.55. The first-order valence-electron chi connectivity index (χ1n) is 5.72. The van der Waals surface area contributed by atoms with Crippen molar-refractivity contribution in [3.8, 4) is 18.2 Å². The number of nitrogens with zero attached hydrogens (tertiary/aromatic N) is 4. The van der Waals surface area contributed by atoms with Gasteiger partial charge in [-0.3, -0.25) is 0 Å². The third-order valence-electron chi connectivity index (χ3n) is 3.16. The van der Waals surface area contributed by atoms with Gasteiger partial charge in [-0.1, -0.05) is 0 Å². The Labute approximate surface area is 111 Å². The average Bonchev–Trinajstić information content (AvgIpc) is 2.46. The largest absolute Gasteiger partial charge is 0.563 e. The van der Waals surface area contributed by atoms with Crippen LogP contribution in [0.15, 0.2) is 0 Å². The zero-order chi connectivity index (χ0) is 14.7. The standard InChI is InChI=1S/C8H20N.C4H3BN3O/c1-5-9(6-2,7-3)8-4;5-9-4(1-6,2-7)3-8/h5-8H2,1-4H3;5H3/q+1;-1. The van der Waals surface area contributed by atoms with E-state index in [9.17, 15) is 0 Å². The van der Waals surface area contributed by atoms with Gasteiger partial charge in [-0.15, -0.1) is 0 Å². The van der Waals surface area contributed by atoms with Crippen molar-refractivity contribution in [2.24, 2.45) is 0 Å². The van der Waals surface area contributed by atoms with Crippen molar-refractivity contribution in [1.82, 2.24) is 0 Å². The fourth-order valence-corrected chi connectivity index (χ4v) is 1.42. The molecule has 0 spiro atoms. The molecule has 0 amide bonds. The third kappa shape index (κ3) is 5.19. The molecule has 18 heavy (non-hydrogen) atoms. The maximum atomic E-state index is 8.20. The van der Waals surface area contributed by atoms with E-state index in [0.717, 1.165) is 0 Å². The average molecular weight is 250 g/mol. The molecule has 0 bridgehead atoms. The predicted octanol–water partition coefficient (Wildman–Crippen LogP) is 0.476. The van der Waals surface area contributed by atoms with E-state index < -0.39 is 13.7 Å². The molecule has 0 aromatic heterocycles. The van der Waals surface area contributed by atoms with Crippen LogP contribution in [0.4, 0.5) is 0 Å². The van der Waals surface area contributed by atoms with E-state index in [2.05, 4.69) is 32.3 Å². The van der Waals surface area contributed by atoms with Crippen LogP contribution in [-0.2, 0) is 4.65 Å². The smallest absolute Gasteiger partial charge is 0.289 e. The maximum Gasteiger partial charge on any atom is 0.289 e. The monoisotopic (exact) mass is 250 g/mol. The summed E-state index contributed by atoms with van der Waals surface area (Å²) < 4.78 is 5.83. The summed E-state index contributed by atoms with van der Waals surface area (Å²) in [7, 11) is -0.534. The molecule has 0 atom stereocenters. The van der Waals surface area contributed by atoms with Crippen molar-refractivity contribution in [2.45, 2.75) is 33.3 Å². The fourth-order valence-electron chi connectivity index (χ4n) is 1.42. The van der Waals surface area contributed by atoms with Crippen LogP contribution in [0.3, 0.4) is 0 Å². The maximum absolute atomic E-state index is 8.20. The lowest BCUT2D eigenvalue weighted by molar-refractivity contribution is -0.921. The van der Waals surface area contributed by atoms with Crippen LogP contribution in [0.1, 0.15) is 27.7 Å². The summed E-state index contributed by atoms with van der Waals surface area (Å²) in [6.07, 6.45) is 0. The lowest BCUT2D eigenvalue weighted by Crippen LogP contribution is -2.47. The minimum atomic E-state index is -1.81. The van der Waals surface area contributed by atoms with Gasteiger partial charge < -0.3 is 9.14 Å². The molecule has 0 aromatic carbocycles. The molecule has 0 unspecified atom stereocenters. The van der Waals surface area contributed by atoms with Gasteiger partial charge in [0, 0.05) is 0 Å². The molecule has 0 aliphatic heterocycles.